The van der Waals surface area contributed by atoms with Crippen LogP contribution in [-0.4, -0.2) is 29.9 Å². The van der Waals surface area contributed by atoms with Crippen molar-refractivity contribution in [1.82, 2.24) is 29.9 Å². The second kappa shape index (κ2) is 13.6. The number of benzene rings is 7. The number of fused-ring (bicyclic) bond motifs is 1. The highest BCUT2D eigenvalue weighted by Gasteiger charge is 2.14. The molecule has 0 saturated heterocycles. The molecule has 0 N–H and O–H groups in total. The number of aromatic nitrogens is 6. The molecule has 0 fully saturated rings. The van der Waals surface area contributed by atoms with Gasteiger partial charge in [0.15, 0.2) is 29.1 Å². The summed E-state index contributed by atoms with van der Waals surface area (Å²) in [4.78, 5) is 28.8. The van der Waals surface area contributed by atoms with E-state index in [2.05, 4.69) is 113 Å². The first kappa shape index (κ1) is 30.8. The van der Waals surface area contributed by atoms with Gasteiger partial charge in [0.2, 0.25) is 0 Å². The Labute approximate surface area is 301 Å². The number of rotatable bonds is 7. The van der Waals surface area contributed by atoms with Crippen LogP contribution in [-0.2, 0) is 0 Å². The minimum Gasteiger partial charge on any atom is -0.217 e. The molecule has 0 aliphatic heterocycles. The second-order valence-corrected chi connectivity index (χ2v) is 12.5. The lowest BCUT2D eigenvalue weighted by Gasteiger charge is -2.10. The second-order valence-electron chi connectivity index (χ2n) is 12.5. The van der Waals surface area contributed by atoms with Crippen molar-refractivity contribution in [1.29, 1.82) is 0 Å². The molecule has 9 aromatic rings. The lowest BCUT2D eigenvalue weighted by atomic mass is 10.0. The quantitative estimate of drug-likeness (QED) is 0.168. The van der Waals surface area contributed by atoms with Gasteiger partial charge >= 0.3 is 0 Å². The summed E-state index contributed by atoms with van der Waals surface area (Å²) in [5.74, 6) is 3.08. The highest BCUT2D eigenvalue weighted by Crippen LogP contribution is 2.31. The van der Waals surface area contributed by atoms with Crippen molar-refractivity contribution in [3.05, 3.63) is 182 Å². The summed E-state index contributed by atoms with van der Waals surface area (Å²) in [6.45, 7) is 0. The Morgan fingerprint density at radius 1 is 0.231 bits per heavy atom. The van der Waals surface area contributed by atoms with Gasteiger partial charge in [-0.15, -0.1) is 0 Å². The van der Waals surface area contributed by atoms with Crippen LogP contribution in [0.3, 0.4) is 0 Å². The van der Waals surface area contributed by atoms with Crippen molar-refractivity contribution >= 4 is 10.8 Å². The Hall–Kier alpha value is -7.18. The third-order valence-electron chi connectivity index (χ3n) is 9.10. The van der Waals surface area contributed by atoms with Crippen LogP contribution in [0.25, 0.3) is 90.0 Å². The van der Waals surface area contributed by atoms with E-state index in [1.54, 1.807) is 6.33 Å². The Morgan fingerprint density at radius 3 is 1.04 bits per heavy atom. The van der Waals surface area contributed by atoms with Crippen LogP contribution in [0.1, 0.15) is 0 Å². The molecule has 0 aliphatic rings. The molecule has 7 aromatic carbocycles. The first-order valence-electron chi connectivity index (χ1n) is 17.1. The zero-order valence-corrected chi connectivity index (χ0v) is 28.0. The maximum atomic E-state index is 5.00. The molecule has 6 nitrogen and oxygen atoms in total. The monoisotopic (exact) mass is 666 g/mol. The van der Waals surface area contributed by atoms with Gasteiger partial charge in [0.05, 0.1) is 0 Å². The third kappa shape index (κ3) is 6.32. The van der Waals surface area contributed by atoms with Crippen molar-refractivity contribution in [2.75, 3.05) is 0 Å². The molecule has 0 aliphatic carbocycles. The van der Waals surface area contributed by atoms with Crippen LogP contribution in [0.2, 0.25) is 0 Å². The van der Waals surface area contributed by atoms with Gasteiger partial charge in [0, 0.05) is 27.8 Å². The zero-order chi connectivity index (χ0) is 34.7. The summed E-state index contributed by atoms with van der Waals surface area (Å²) in [6.07, 6.45) is 1.58. The molecule has 0 saturated carbocycles. The van der Waals surface area contributed by atoms with Crippen molar-refractivity contribution in [3.8, 4) is 79.2 Å². The summed E-state index contributed by atoms with van der Waals surface area (Å²) in [5, 5.41) is 2.12. The minimum atomic E-state index is 0.602. The molecule has 2 aromatic heterocycles. The van der Waals surface area contributed by atoms with Gasteiger partial charge in [-0.2, -0.15) is 0 Å². The topological polar surface area (TPSA) is 77.3 Å². The largest absolute Gasteiger partial charge is 0.217 e. The number of nitrogens with zero attached hydrogens (tertiary/aromatic N) is 6. The van der Waals surface area contributed by atoms with E-state index in [4.69, 9.17) is 19.9 Å². The Morgan fingerprint density at radius 2 is 0.538 bits per heavy atom. The summed E-state index contributed by atoms with van der Waals surface area (Å²) in [5.41, 5.74) is 9.18. The fraction of sp³-hybridized carbons (Fsp3) is 0. The Kier molecular flexibility index (Phi) is 8.08. The van der Waals surface area contributed by atoms with Crippen molar-refractivity contribution in [3.63, 3.8) is 0 Å². The van der Waals surface area contributed by atoms with Gasteiger partial charge in [0.1, 0.15) is 6.33 Å². The van der Waals surface area contributed by atoms with Gasteiger partial charge in [-0.1, -0.05) is 164 Å². The summed E-state index contributed by atoms with van der Waals surface area (Å²) < 4.78 is 0. The van der Waals surface area contributed by atoms with E-state index >= 15 is 0 Å². The highest BCUT2D eigenvalue weighted by molar-refractivity contribution is 5.90. The molecule has 0 amide bonds. The molecule has 0 spiro atoms. The van der Waals surface area contributed by atoms with E-state index < -0.39 is 0 Å². The van der Waals surface area contributed by atoms with E-state index in [0.29, 0.717) is 29.1 Å². The van der Waals surface area contributed by atoms with Crippen LogP contribution in [0, 0.1) is 0 Å². The number of hydrogen-bond donors (Lipinski definition) is 0. The molecular formula is C46H30N6. The van der Waals surface area contributed by atoms with Crippen LogP contribution in [0.5, 0.6) is 0 Å². The summed E-state index contributed by atoms with van der Waals surface area (Å²) in [7, 11) is 0. The van der Waals surface area contributed by atoms with Crippen LogP contribution >= 0.6 is 0 Å². The lowest BCUT2D eigenvalue weighted by Crippen LogP contribution is -2.00. The third-order valence-corrected chi connectivity index (χ3v) is 9.10. The lowest BCUT2D eigenvalue weighted by molar-refractivity contribution is 1.07. The smallest absolute Gasteiger partial charge is 0.164 e. The minimum absolute atomic E-state index is 0.602. The SMILES string of the molecule is c1ccc(-c2ccc(-c3ncnc(-c4ccc5ccc(-c6nc(-c7ccccc7)nc(-c7ccc(-c8ccccc8)cc7)n6)cc5c4)n3)cc2)cc1. The van der Waals surface area contributed by atoms with E-state index in [-0.39, 0.29) is 0 Å². The van der Waals surface area contributed by atoms with E-state index in [1.807, 2.05) is 72.8 Å². The van der Waals surface area contributed by atoms with Crippen LogP contribution < -0.4 is 0 Å². The maximum absolute atomic E-state index is 5.00. The maximum Gasteiger partial charge on any atom is 0.164 e. The van der Waals surface area contributed by atoms with Gasteiger partial charge < -0.3 is 0 Å². The average Bonchev–Trinajstić information content (AvgIpc) is 3.24. The molecule has 6 heteroatoms. The Balaban J connectivity index is 1.06. The van der Waals surface area contributed by atoms with E-state index in [9.17, 15) is 0 Å². The summed E-state index contributed by atoms with van der Waals surface area (Å²) in [6, 6.07) is 59.9. The molecule has 244 valence electrons. The van der Waals surface area contributed by atoms with E-state index in [0.717, 1.165) is 55.3 Å². The van der Waals surface area contributed by atoms with Crippen LogP contribution in [0.4, 0.5) is 0 Å². The van der Waals surface area contributed by atoms with Gasteiger partial charge in [-0.25, -0.2) is 29.9 Å². The standard InChI is InChI=1S/C46H30N6/c1-4-10-31(11-5-1)33-16-22-37(23-17-33)42-47-30-48-43(49-42)39-26-20-35-21-27-40(29-41(35)28-39)46-51-44(36-14-8-3-9-15-36)50-45(52-46)38-24-18-34(19-25-38)32-12-6-2-7-13-32/h1-30H. The Bertz CT molecular complexity index is 2640. The molecule has 0 atom stereocenters. The number of hydrogen-bond acceptors (Lipinski definition) is 6. The van der Waals surface area contributed by atoms with Gasteiger partial charge in [-0.05, 0) is 45.2 Å². The molecule has 0 radical (unpaired) electrons. The van der Waals surface area contributed by atoms with Crippen molar-refractivity contribution < 1.29 is 0 Å². The van der Waals surface area contributed by atoms with Crippen LogP contribution in [0.15, 0.2) is 182 Å². The summed E-state index contributed by atoms with van der Waals surface area (Å²) >= 11 is 0. The normalized spacial score (nSPS) is 11.1. The molecule has 0 bridgehead atoms. The van der Waals surface area contributed by atoms with Gasteiger partial charge in [0.25, 0.3) is 0 Å². The molecule has 52 heavy (non-hydrogen) atoms. The highest BCUT2D eigenvalue weighted by atomic mass is 15.0. The first-order valence-corrected chi connectivity index (χ1v) is 17.1. The molecule has 0 unspecified atom stereocenters. The van der Waals surface area contributed by atoms with E-state index in [1.165, 1.54) is 5.56 Å². The molecular weight excluding hydrogens is 637 g/mol. The molecule has 9 rings (SSSR count). The first-order chi connectivity index (χ1) is 25.7. The van der Waals surface area contributed by atoms with Gasteiger partial charge in [-0.3, -0.25) is 0 Å². The average molecular weight is 667 g/mol. The fourth-order valence-electron chi connectivity index (χ4n) is 6.33. The zero-order valence-electron chi connectivity index (χ0n) is 28.0. The predicted molar refractivity (Wildman–Crippen MR) is 209 cm³/mol. The fourth-order valence-corrected chi connectivity index (χ4v) is 6.33. The molecule has 2 heterocycles. The van der Waals surface area contributed by atoms with Crippen molar-refractivity contribution in [2.24, 2.45) is 0 Å². The van der Waals surface area contributed by atoms with Crippen molar-refractivity contribution in [2.45, 2.75) is 0 Å². The predicted octanol–water partition coefficient (Wildman–Crippen LogP) is 10.9.